The molecule has 0 rings (SSSR count). The number of methoxy groups -OCH3 is 1. The molecule has 0 amide bonds. The van der Waals surface area contributed by atoms with Crippen LogP contribution < -0.4 is 5.32 Å². The van der Waals surface area contributed by atoms with Crippen LogP contribution in [0.3, 0.4) is 0 Å². The minimum atomic E-state index is -2.89. The SMILES string of the molecule is COCCCS(=O)(=O)CCNC(C)C. The van der Waals surface area contributed by atoms with Crippen LogP contribution in [0.15, 0.2) is 0 Å². The lowest BCUT2D eigenvalue weighted by molar-refractivity contribution is 0.199. The van der Waals surface area contributed by atoms with Gasteiger partial charge in [0.25, 0.3) is 0 Å². The van der Waals surface area contributed by atoms with Gasteiger partial charge in [0.2, 0.25) is 0 Å². The smallest absolute Gasteiger partial charge is 0.151 e. The highest BCUT2D eigenvalue weighted by molar-refractivity contribution is 7.91. The number of ether oxygens (including phenoxy) is 1. The second kappa shape index (κ2) is 7.20. The molecule has 0 radical (unpaired) electrons. The van der Waals surface area contributed by atoms with E-state index in [0.717, 1.165) is 0 Å². The first kappa shape index (κ1) is 13.9. The highest BCUT2D eigenvalue weighted by Crippen LogP contribution is 1.94. The van der Waals surface area contributed by atoms with Gasteiger partial charge in [-0.25, -0.2) is 8.42 Å². The van der Waals surface area contributed by atoms with Gasteiger partial charge in [-0.05, 0) is 6.42 Å². The van der Waals surface area contributed by atoms with Crippen LogP contribution >= 0.6 is 0 Å². The van der Waals surface area contributed by atoms with Crippen LogP contribution in [0.5, 0.6) is 0 Å². The van der Waals surface area contributed by atoms with E-state index in [1.54, 1.807) is 7.11 Å². The second-order valence-corrected chi connectivity index (χ2v) is 5.91. The van der Waals surface area contributed by atoms with E-state index in [4.69, 9.17) is 4.74 Å². The van der Waals surface area contributed by atoms with Crippen molar-refractivity contribution in [2.24, 2.45) is 0 Å². The third-order valence-corrected chi connectivity index (χ3v) is 3.51. The van der Waals surface area contributed by atoms with Crippen molar-refractivity contribution in [3.05, 3.63) is 0 Å². The van der Waals surface area contributed by atoms with Crippen LogP contribution in [-0.2, 0) is 14.6 Å². The van der Waals surface area contributed by atoms with Crippen molar-refractivity contribution in [2.75, 3.05) is 31.8 Å². The van der Waals surface area contributed by atoms with Gasteiger partial charge in [-0.15, -0.1) is 0 Å². The Labute approximate surface area is 86.9 Å². The normalized spacial score (nSPS) is 12.3. The largest absolute Gasteiger partial charge is 0.385 e. The van der Waals surface area contributed by atoms with Crippen LogP contribution in [0.25, 0.3) is 0 Å². The van der Waals surface area contributed by atoms with E-state index in [1.807, 2.05) is 13.8 Å². The van der Waals surface area contributed by atoms with E-state index in [-0.39, 0.29) is 11.5 Å². The molecule has 0 unspecified atom stereocenters. The molecule has 0 aliphatic rings. The average Bonchev–Trinajstić information content (AvgIpc) is 2.03. The number of rotatable bonds is 8. The van der Waals surface area contributed by atoms with Crippen molar-refractivity contribution in [1.82, 2.24) is 5.32 Å². The summed E-state index contributed by atoms with van der Waals surface area (Å²) in [7, 11) is -1.32. The number of hydrogen-bond acceptors (Lipinski definition) is 4. The molecule has 0 atom stereocenters. The molecule has 0 saturated carbocycles. The topological polar surface area (TPSA) is 55.4 Å². The molecule has 4 nitrogen and oxygen atoms in total. The maximum Gasteiger partial charge on any atom is 0.151 e. The Morgan fingerprint density at radius 3 is 2.43 bits per heavy atom. The fourth-order valence-corrected chi connectivity index (χ4v) is 2.22. The Morgan fingerprint density at radius 1 is 1.29 bits per heavy atom. The maximum atomic E-state index is 11.4. The lowest BCUT2D eigenvalue weighted by Gasteiger charge is -2.08. The second-order valence-electron chi connectivity index (χ2n) is 3.61. The highest BCUT2D eigenvalue weighted by atomic mass is 32.2. The Kier molecular flexibility index (Phi) is 7.13. The third-order valence-electron chi connectivity index (χ3n) is 1.77. The molecule has 0 aromatic carbocycles. The standard InChI is InChI=1S/C9H21NO3S/c1-9(2)10-5-8-14(11,12)7-4-6-13-3/h9-10H,4-8H2,1-3H3. The Balaban J connectivity index is 3.62. The molecule has 0 aromatic rings. The van der Waals surface area contributed by atoms with Crippen LogP contribution in [0.2, 0.25) is 0 Å². The van der Waals surface area contributed by atoms with Gasteiger partial charge in [-0.1, -0.05) is 13.8 Å². The first-order chi connectivity index (χ1) is 6.48. The molecule has 0 bridgehead atoms. The van der Waals surface area contributed by atoms with E-state index < -0.39 is 9.84 Å². The van der Waals surface area contributed by atoms with Crippen LogP contribution in [0.1, 0.15) is 20.3 Å². The van der Waals surface area contributed by atoms with Crippen molar-refractivity contribution in [1.29, 1.82) is 0 Å². The Hall–Kier alpha value is -0.130. The summed E-state index contributed by atoms with van der Waals surface area (Å²) >= 11 is 0. The molecule has 5 heteroatoms. The first-order valence-corrected chi connectivity index (χ1v) is 6.73. The summed E-state index contributed by atoms with van der Waals surface area (Å²) in [4.78, 5) is 0. The predicted molar refractivity (Wildman–Crippen MR) is 58.3 cm³/mol. The lowest BCUT2D eigenvalue weighted by atomic mass is 10.4. The van der Waals surface area contributed by atoms with E-state index in [2.05, 4.69) is 5.32 Å². The van der Waals surface area contributed by atoms with Crippen LogP contribution in [-0.4, -0.2) is 46.2 Å². The van der Waals surface area contributed by atoms with E-state index in [1.165, 1.54) is 0 Å². The fraction of sp³-hybridized carbons (Fsp3) is 1.00. The Morgan fingerprint density at radius 2 is 1.93 bits per heavy atom. The van der Waals surface area contributed by atoms with E-state index in [9.17, 15) is 8.42 Å². The number of nitrogens with one attached hydrogen (secondary N) is 1. The summed E-state index contributed by atoms with van der Waals surface area (Å²) in [5, 5.41) is 3.08. The molecular weight excluding hydrogens is 202 g/mol. The molecule has 0 heterocycles. The summed E-state index contributed by atoms with van der Waals surface area (Å²) in [5.74, 6) is 0.440. The third kappa shape index (κ3) is 8.47. The number of sulfone groups is 1. The van der Waals surface area contributed by atoms with Gasteiger partial charge < -0.3 is 10.1 Å². The lowest BCUT2D eigenvalue weighted by Crippen LogP contribution is -2.29. The van der Waals surface area contributed by atoms with Gasteiger partial charge in [0.05, 0.1) is 11.5 Å². The van der Waals surface area contributed by atoms with Crippen molar-refractivity contribution >= 4 is 9.84 Å². The number of hydrogen-bond donors (Lipinski definition) is 1. The van der Waals surface area contributed by atoms with Gasteiger partial charge in [0, 0.05) is 26.3 Å². The predicted octanol–water partition coefficient (Wildman–Crippen LogP) is 0.436. The molecule has 0 aliphatic heterocycles. The summed E-state index contributed by atoms with van der Waals surface area (Å²) < 4.78 is 27.6. The van der Waals surface area contributed by atoms with Gasteiger partial charge in [0.1, 0.15) is 0 Å². The van der Waals surface area contributed by atoms with Crippen molar-refractivity contribution in [2.45, 2.75) is 26.3 Å². The quantitative estimate of drug-likeness (QED) is 0.607. The van der Waals surface area contributed by atoms with Gasteiger partial charge in [0.15, 0.2) is 9.84 Å². The first-order valence-electron chi connectivity index (χ1n) is 4.90. The maximum absolute atomic E-state index is 11.4. The molecule has 1 N–H and O–H groups in total. The summed E-state index contributed by atoms with van der Waals surface area (Å²) in [5.41, 5.74) is 0. The summed E-state index contributed by atoms with van der Waals surface area (Å²) in [6.07, 6.45) is 0.584. The average molecular weight is 223 g/mol. The molecule has 0 saturated heterocycles. The molecule has 0 aromatic heterocycles. The minimum absolute atomic E-state index is 0.217. The zero-order valence-electron chi connectivity index (χ0n) is 9.25. The molecule has 0 fully saturated rings. The molecule has 0 aliphatic carbocycles. The Bertz CT molecular complexity index is 224. The highest BCUT2D eigenvalue weighted by Gasteiger charge is 2.09. The molecule has 86 valence electrons. The minimum Gasteiger partial charge on any atom is -0.385 e. The van der Waals surface area contributed by atoms with Crippen LogP contribution in [0.4, 0.5) is 0 Å². The van der Waals surface area contributed by atoms with Crippen molar-refractivity contribution in [3.8, 4) is 0 Å². The monoisotopic (exact) mass is 223 g/mol. The summed E-state index contributed by atoms with van der Waals surface area (Å²) in [6.45, 7) is 5.04. The van der Waals surface area contributed by atoms with E-state index in [0.29, 0.717) is 25.6 Å². The van der Waals surface area contributed by atoms with Crippen molar-refractivity contribution < 1.29 is 13.2 Å². The van der Waals surface area contributed by atoms with E-state index >= 15 is 0 Å². The van der Waals surface area contributed by atoms with Crippen LogP contribution in [0, 0.1) is 0 Å². The molecule has 0 spiro atoms. The zero-order valence-corrected chi connectivity index (χ0v) is 10.1. The molecule has 14 heavy (non-hydrogen) atoms. The van der Waals surface area contributed by atoms with Crippen molar-refractivity contribution in [3.63, 3.8) is 0 Å². The fourth-order valence-electron chi connectivity index (χ4n) is 1.03. The summed E-state index contributed by atoms with van der Waals surface area (Å²) in [6, 6.07) is 0.337. The van der Waals surface area contributed by atoms with Gasteiger partial charge in [-0.3, -0.25) is 0 Å². The molecular formula is C9H21NO3S. The van der Waals surface area contributed by atoms with Gasteiger partial charge >= 0.3 is 0 Å². The van der Waals surface area contributed by atoms with Gasteiger partial charge in [-0.2, -0.15) is 0 Å². The zero-order chi connectivity index (χ0) is 11.0.